The number of likely N-dealkylation sites (tertiary alicyclic amines) is 1. The minimum absolute atomic E-state index is 0.118. The van der Waals surface area contributed by atoms with Gasteiger partial charge in [-0.15, -0.1) is 0 Å². The summed E-state index contributed by atoms with van der Waals surface area (Å²) in [5.41, 5.74) is -0.828. The van der Waals surface area contributed by atoms with Gasteiger partial charge in [-0.25, -0.2) is 9.78 Å². The third-order valence-electron chi connectivity index (χ3n) is 4.00. The number of rotatable bonds is 2. The molecule has 3 rings (SSSR count). The molecule has 1 aliphatic carbocycles. The van der Waals surface area contributed by atoms with Crippen LogP contribution >= 0.6 is 0 Å². The first-order valence-corrected chi connectivity index (χ1v) is 6.54. The van der Waals surface area contributed by atoms with Gasteiger partial charge < -0.3 is 14.7 Å². The molecular formula is C13H13F3N2O3. The summed E-state index contributed by atoms with van der Waals surface area (Å²) in [6.45, 7) is 0.468. The van der Waals surface area contributed by atoms with Gasteiger partial charge in [0.05, 0.1) is 11.6 Å². The van der Waals surface area contributed by atoms with Crippen LogP contribution in [0.2, 0.25) is 0 Å². The Morgan fingerprint density at radius 3 is 2.81 bits per heavy atom. The fraction of sp³-hybridized carbons (Fsp3) is 0.538. The third kappa shape index (κ3) is 2.62. The van der Waals surface area contributed by atoms with E-state index in [1.807, 2.05) is 0 Å². The highest BCUT2D eigenvalue weighted by atomic mass is 19.4. The predicted molar refractivity (Wildman–Crippen MR) is 64.9 cm³/mol. The lowest BCUT2D eigenvalue weighted by Crippen LogP contribution is -2.46. The average Bonchev–Trinajstić information content (AvgIpc) is 2.97. The molecular weight excluding hydrogens is 289 g/mol. The fourth-order valence-electron chi connectivity index (χ4n) is 3.12. The van der Waals surface area contributed by atoms with Crippen molar-refractivity contribution in [3.05, 3.63) is 23.9 Å². The zero-order valence-corrected chi connectivity index (χ0v) is 10.9. The Hall–Kier alpha value is -1.99. The second kappa shape index (κ2) is 4.78. The van der Waals surface area contributed by atoms with Crippen LogP contribution in [0.1, 0.15) is 18.4 Å². The summed E-state index contributed by atoms with van der Waals surface area (Å²) in [5.74, 6) is 0.0922. The number of halogens is 3. The van der Waals surface area contributed by atoms with Crippen molar-refractivity contribution in [2.24, 2.45) is 5.92 Å². The summed E-state index contributed by atoms with van der Waals surface area (Å²) in [5, 5.41) is 9.08. The molecule has 1 aliphatic heterocycles. The number of fused-ring (bicyclic) bond motifs is 2. The van der Waals surface area contributed by atoms with Crippen LogP contribution in [0.3, 0.4) is 0 Å². The number of carbonyl (C=O) groups is 1. The molecule has 2 heterocycles. The minimum atomic E-state index is -4.46. The molecule has 1 amide bonds. The van der Waals surface area contributed by atoms with Gasteiger partial charge in [0.25, 0.3) is 0 Å². The summed E-state index contributed by atoms with van der Waals surface area (Å²) in [4.78, 5) is 16.2. The number of pyridine rings is 1. The van der Waals surface area contributed by atoms with E-state index in [0.29, 0.717) is 19.4 Å². The molecule has 1 aromatic rings. The molecule has 3 atom stereocenters. The molecule has 21 heavy (non-hydrogen) atoms. The van der Waals surface area contributed by atoms with E-state index in [1.54, 1.807) is 0 Å². The monoisotopic (exact) mass is 302 g/mol. The normalized spacial score (nSPS) is 28.0. The van der Waals surface area contributed by atoms with Gasteiger partial charge in [0.2, 0.25) is 5.88 Å². The highest BCUT2D eigenvalue weighted by Crippen LogP contribution is 2.40. The Bertz CT molecular complexity index is 564. The number of nitrogens with zero attached hydrogens (tertiary/aromatic N) is 2. The highest BCUT2D eigenvalue weighted by molar-refractivity contribution is 5.66. The second-order valence-corrected chi connectivity index (χ2v) is 5.38. The van der Waals surface area contributed by atoms with E-state index in [0.717, 1.165) is 18.3 Å². The molecule has 114 valence electrons. The van der Waals surface area contributed by atoms with Crippen LogP contribution in [0, 0.1) is 5.92 Å². The highest BCUT2D eigenvalue weighted by Gasteiger charge is 2.48. The Morgan fingerprint density at radius 2 is 2.19 bits per heavy atom. The van der Waals surface area contributed by atoms with Crippen LogP contribution in [0.4, 0.5) is 18.0 Å². The lowest BCUT2D eigenvalue weighted by atomic mass is 10.1. The Kier molecular flexibility index (Phi) is 3.18. The van der Waals surface area contributed by atoms with Crippen LogP contribution in [-0.4, -0.2) is 39.8 Å². The smallest absolute Gasteiger partial charge is 0.416 e. The van der Waals surface area contributed by atoms with Crippen molar-refractivity contribution in [2.45, 2.75) is 31.2 Å². The van der Waals surface area contributed by atoms with Crippen molar-refractivity contribution in [1.82, 2.24) is 9.88 Å². The van der Waals surface area contributed by atoms with E-state index in [2.05, 4.69) is 4.98 Å². The lowest BCUT2D eigenvalue weighted by Gasteiger charge is -2.31. The first kappa shape index (κ1) is 14.0. The molecule has 8 heteroatoms. The first-order chi connectivity index (χ1) is 9.84. The lowest BCUT2D eigenvalue weighted by molar-refractivity contribution is -0.137. The first-order valence-electron chi connectivity index (χ1n) is 6.54. The topological polar surface area (TPSA) is 62.7 Å². The minimum Gasteiger partial charge on any atom is -0.472 e. The van der Waals surface area contributed by atoms with Crippen LogP contribution in [0.15, 0.2) is 18.3 Å². The quantitative estimate of drug-likeness (QED) is 0.912. The summed E-state index contributed by atoms with van der Waals surface area (Å²) >= 11 is 0. The number of hydrogen-bond acceptors (Lipinski definition) is 3. The summed E-state index contributed by atoms with van der Waals surface area (Å²) < 4.78 is 43.4. The molecule has 3 unspecified atom stereocenters. The van der Waals surface area contributed by atoms with E-state index >= 15 is 0 Å². The summed E-state index contributed by atoms with van der Waals surface area (Å²) in [7, 11) is 0. The van der Waals surface area contributed by atoms with Gasteiger partial charge in [-0.05, 0) is 24.8 Å². The average molecular weight is 302 g/mol. The van der Waals surface area contributed by atoms with Crippen LogP contribution in [0.25, 0.3) is 0 Å². The van der Waals surface area contributed by atoms with Crippen molar-refractivity contribution in [3.8, 4) is 5.88 Å². The summed E-state index contributed by atoms with van der Waals surface area (Å²) in [6, 6.07) is 1.41. The Labute approximate surface area is 118 Å². The van der Waals surface area contributed by atoms with E-state index < -0.39 is 23.9 Å². The summed E-state index contributed by atoms with van der Waals surface area (Å²) in [6.07, 6.45) is -3.53. The van der Waals surface area contributed by atoms with Gasteiger partial charge in [0.1, 0.15) is 6.10 Å². The Morgan fingerprint density at radius 1 is 1.43 bits per heavy atom. The van der Waals surface area contributed by atoms with Gasteiger partial charge in [-0.1, -0.05) is 0 Å². The molecule has 0 spiro atoms. The fourth-order valence-corrected chi connectivity index (χ4v) is 3.12. The standard InChI is InChI=1S/C13H13F3N2O3/c14-13(15,16)8-1-2-17-11(5-8)21-10-4-7-3-9(10)18(6-7)12(19)20/h1-2,5,7,9-10H,3-4,6H2,(H,19,20). The molecule has 1 saturated carbocycles. The number of amides is 1. The van der Waals surface area contributed by atoms with Gasteiger partial charge >= 0.3 is 12.3 Å². The number of carboxylic acid groups (broad SMARTS) is 1. The maximum atomic E-state index is 12.6. The Balaban J connectivity index is 1.74. The molecule has 2 aliphatic rings. The molecule has 0 radical (unpaired) electrons. The van der Waals surface area contributed by atoms with Crippen LogP contribution in [-0.2, 0) is 6.18 Å². The van der Waals surface area contributed by atoms with E-state index in [9.17, 15) is 18.0 Å². The van der Waals surface area contributed by atoms with Gasteiger partial charge in [0.15, 0.2) is 0 Å². The van der Waals surface area contributed by atoms with Crippen molar-refractivity contribution in [2.75, 3.05) is 6.54 Å². The largest absolute Gasteiger partial charge is 0.472 e. The van der Waals surface area contributed by atoms with E-state index in [4.69, 9.17) is 9.84 Å². The molecule has 0 aromatic carbocycles. The number of piperidine rings is 1. The number of ether oxygens (including phenoxy) is 1. The molecule has 1 N–H and O–H groups in total. The second-order valence-electron chi connectivity index (χ2n) is 5.38. The number of alkyl halides is 3. The SMILES string of the molecule is O=C(O)N1CC2CC(Oc3cc(C(F)(F)F)ccn3)C1C2. The zero-order chi connectivity index (χ0) is 15.2. The van der Waals surface area contributed by atoms with E-state index in [1.165, 1.54) is 4.90 Å². The number of hydrogen-bond donors (Lipinski definition) is 1. The zero-order valence-electron chi connectivity index (χ0n) is 10.9. The van der Waals surface area contributed by atoms with Crippen molar-refractivity contribution in [1.29, 1.82) is 0 Å². The molecule has 2 bridgehead atoms. The molecule has 5 nitrogen and oxygen atoms in total. The molecule has 1 saturated heterocycles. The third-order valence-corrected chi connectivity index (χ3v) is 4.00. The maximum absolute atomic E-state index is 12.6. The van der Waals surface area contributed by atoms with Gasteiger partial charge in [0, 0.05) is 18.8 Å². The van der Waals surface area contributed by atoms with Crippen LogP contribution in [0.5, 0.6) is 5.88 Å². The van der Waals surface area contributed by atoms with Gasteiger partial charge in [-0.2, -0.15) is 13.2 Å². The van der Waals surface area contributed by atoms with Crippen molar-refractivity contribution < 1.29 is 27.8 Å². The van der Waals surface area contributed by atoms with Crippen molar-refractivity contribution in [3.63, 3.8) is 0 Å². The van der Waals surface area contributed by atoms with Crippen LogP contribution < -0.4 is 4.74 Å². The molecule has 1 aromatic heterocycles. The van der Waals surface area contributed by atoms with Crippen molar-refractivity contribution >= 4 is 6.09 Å². The van der Waals surface area contributed by atoms with E-state index in [-0.39, 0.29) is 17.8 Å². The predicted octanol–water partition coefficient (Wildman–Crippen LogP) is 2.62. The molecule has 2 fully saturated rings. The number of aromatic nitrogens is 1. The van der Waals surface area contributed by atoms with Gasteiger partial charge in [-0.3, -0.25) is 0 Å². The maximum Gasteiger partial charge on any atom is 0.416 e.